The zero-order chi connectivity index (χ0) is 26.6. The molecule has 1 aliphatic carbocycles. The van der Waals surface area contributed by atoms with Gasteiger partial charge in [-0.1, -0.05) is 42.7 Å². The average Bonchev–Trinajstić information content (AvgIpc) is 3.67. The number of nitrogens with zero attached hydrogens (tertiary/aromatic N) is 5. The number of phenolic OH excluding ortho intramolecular Hbond substituents is 1. The van der Waals surface area contributed by atoms with Gasteiger partial charge in [-0.2, -0.15) is 4.80 Å². The Bertz CT molecular complexity index is 1400. The Morgan fingerprint density at radius 2 is 1.76 bits per heavy atom. The van der Waals surface area contributed by atoms with Gasteiger partial charge in [0.1, 0.15) is 24.1 Å². The van der Waals surface area contributed by atoms with Crippen LogP contribution >= 0.6 is 0 Å². The second-order valence-corrected chi connectivity index (χ2v) is 9.64. The molecular formula is C28H30N6O4. The van der Waals surface area contributed by atoms with Crippen LogP contribution in [0.2, 0.25) is 0 Å². The van der Waals surface area contributed by atoms with Crippen LogP contribution in [0.5, 0.6) is 5.75 Å². The molecule has 0 spiro atoms. The molecule has 196 valence electrons. The van der Waals surface area contributed by atoms with Crippen LogP contribution in [0.3, 0.4) is 0 Å². The fourth-order valence-corrected chi connectivity index (χ4v) is 4.73. The van der Waals surface area contributed by atoms with Crippen LogP contribution in [-0.2, 0) is 16.1 Å². The summed E-state index contributed by atoms with van der Waals surface area (Å²) in [6.07, 6.45) is 3.94. The molecule has 2 aromatic heterocycles. The lowest BCUT2D eigenvalue weighted by Gasteiger charge is -2.32. The number of hydrogen-bond donors (Lipinski definition) is 2. The van der Waals surface area contributed by atoms with Crippen LogP contribution < -0.4 is 10.2 Å². The van der Waals surface area contributed by atoms with Crippen molar-refractivity contribution in [3.05, 3.63) is 77.6 Å². The lowest BCUT2D eigenvalue weighted by molar-refractivity contribution is -0.127. The van der Waals surface area contributed by atoms with E-state index in [9.17, 15) is 14.7 Å². The second kappa shape index (κ2) is 10.9. The highest BCUT2D eigenvalue weighted by Crippen LogP contribution is 2.31. The van der Waals surface area contributed by atoms with E-state index in [2.05, 4.69) is 20.7 Å². The average molecular weight is 515 g/mol. The first kappa shape index (κ1) is 25.2. The first-order chi connectivity index (χ1) is 18.4. The van der Waals surface area contributed by atoms with Gasteiger partial charge in [0.2, 0.25) is 11.7 Å². The monoisotopic (exact) mass is 514 g/mol. The van der Waals surface area contributed by atoms with Gasteiger partial charge in [-0.25, -0.2) is 0 Å². The van der Waals surface area contributed by atoms with Gasteiger partial charge in [0.15, 0.2) is 5.76 Å². The van der Waals surface area contributed by atoms with Crippen LogP contribution in [0, 0.1) is 13.8 Å². The number of aromatic nitrogens is 4. The molecule has 10 nitrogen and oxygen atoms in total. The molecule has 1 saturated carbocycles. The molecule has 0 saturated heterocycles. The number of carbonyl (C=O) groups excluding carboxylic acids is 2. The normalized spacial score (nSPS) is 14.4. The van der Waals surface area contributed by atoms with E-state index in [1.54, 1.807) is 24.3 Å². The van der Waals surface area contributed by atoms with Crippen molar-refractivity contribution in [3.63, 3.8) is 0 Å². The molecule has 2 N–H and O–H groups in total. The number of aromatic hydroxyl groups is 1. The number of rotatable bonds is 8. The van der Waals surface area contributed by atoms with Crippen LogP contribution in [0.4, 0.5) is 5.69 Å². The maximum absolute atomic E-state index is 13.9. The largest absolute Gasteiger partial charge is 0.508 e. The van der Waals surface area contributed by atoms with Gasteiger partial charge in [0.05, 0.1) is 0 Å². The molecule has 1 aliphatic rings. The van der Waals surface area contributed by atoms with Crippen molar-refractivity contribution >= 4 is 17.5 Å². The first-order valence-electron chi connectivity index (χ1n) is 12.7. The SMILES string of the molecule is Cc1ccc(N(C(=O)Cn2nnc(-c3ccc(C)o3)n2)C(C(=O)NC2CCCC2)c2ccc(O)cc2)cc1. The third-order valence-electron chi connectivity index (χ3n) is 6.69. The Labute approximate surface area is 220 Å². The third-order valence-corrected chi connectivity index (χ3v) is 6.69. The molecule has 1 fully saturated rings. The predicted molar refractivity (Wildman–Crippen MR) is 140 cm³/mol. The zero-order valence-corrected chi connectivity index (χ0v) is 21.4. The number of tetrazole rings is 1. The summed E-state index contributed by atoms with van der Waals surface area (Å²) in [5.41, 5.74) is 2.15. The molecule has 2 aromatic carbocycles. The quantitative estimate of drug-likeness (QED) is 0.363. The summed E-state index contributed by atoms with van der Waals surface area (Å²) in [6, 6.07) is 16.4. The van der Waals surface area contributed by atoms with Crippen LogP contribution in [0.25, 0.3) is 11.6 Å². The number of furan rings is 1. The maximum atomic E-state index is 13.9. The van der Waals surface area contributed by atoms with Crippen LogP contribution in [0.1, 0.15) is 48.6 Å². The topological polar surface area (TPSA) is 126 Å². The summed E-state index contributed by atoms with van der Waals surface area (Å²) in [6.45, 7) is 3.53. The Kier molecular flexibility index (Phi) is 7.21. The Morgan fingerprint density at radius 1 is 1.05 bits per heavy atom. The smallest absolute Gasteiger partial charge is 0.251 e. The number of aryl methyl sites for hydroxylation is 2. The number of nitrogens with one attached hydrogen (secondary N) is 1. The molecule has 4 aromatic rings. The molecule has 38 heavy (non-hydrogen) atoms. The number of hydrogen-bond acceptors (Lipinski definition) is 7. The van der Waals surface area contributed by atoms with E-state index in [0.717, 1.165) is 31.2 Å². The van der Waals surface area contributed by atoms with E-state index < -0.39 is 11.9 Å². The number of benzene rings is 2. The van der Waals surface area contributed by atoms with Crippen molar-refractivity contribution in [2.24, 2.45) is 0 Å². The summed E-state index contributed by atoms with van der Waals surface area (Å²) in [4.78, 5) is 30.4. The Hall–Kier alpha value is -4.47. The van der Waals surface area contributed by atoms with E-state index in [4.69, 9.17) is 4.42 Å². The molecule has 0 bridgehead atoms. The Balaban J connectivity index is 1.50. The van der Waals surface area contributed by atoms with Crippen molar-refractivity contribution in [2.75, 3.05) is 4.90 Å². The molecule has 1 unspecified atom stereocenters. The van der Waals surface area contributed by atoms with Crippen LogP contribution in [-0.4, -0.2) is 43.2 Å². The molecule has 5 rings (SSSR count). The number of carbonyl (C=O) groups is 2. The summed E-state index contributed by atoms with van der Waals surface area (Å²) >= 11 is 0. The van der Waals surface area contributed by atoms with Gasteiger partial charge in [-0.05, 0) is 73.9 Å². The second-order valence-electron chi connectivity index (χ2n) is 9.64. The van der Waals surface area contributed by atoms with E-state index >= 15 is 0 Å². The molecule has 0 aliphatic heterocycles. The summed E-state index contributed by atoms with van der Waals surface area (Å²) < 4.78 is 5.57. The molecule has 2 amide bonds. The molecule has 2 heterocycles. The van der Waals surface area contributed by atoms with Gasteiger partial charge in [0.25, 0.3) is 5.91 Å². The summed E-state index contributed by atoms with van der Waals surface area (Å²) in [5, 5.41) is 25.4. The molecular weight excluding hydrogens is 484 g/mol. The van der Waals surface area contributed by atoms with E-state index in [1.165, 1.54) is 21.8 Å². The highest BCUT2D eigenvalue weighted by molar-refractivity contribution is 6.01. The first-order valence-corrected chi connectivity index (χ1v) is 12.7. The number of anilines is 1. The lowest BCUT2D eigenvalue weighted by Crippen LogP contribution is -2.47. The van der Waals surface area contributed by atoms with Crippen molar-refractivity contribution in [1.29, 1.82) is 0 Å². The highest BCUT2D eigenvalue weighted by Gasteiger charge is 2.34. The van der Waals surface area contributed by atoms with Gasteiger partial charge < -0.3 is 14.8 Å². The standard InChI is InChI=1S/C28H30N6O4/c1-18-7-12-22(13-8-18)34(25(36)17-33-31-27(30-32-33)24-16-9-19(2)38-24)26(20-10-14-23(35)15-11-20)28(37)29-21-5-3-4-6-21/h7-16,21,26,35H,3-6,17H2,1-2H3,(H,29,37). The van der Waals surface area contributed by atoms with Crippen molar-refractivity contribution in [2.45, 2.75) is 58.2 Å². The fraction of sp³-hybridized carbons (Fsp3) is 0.321. The van der Waals surface area contributed by atoms with Crippen molar-refractivity contribution < 1.29 is 19.1 Å². The number of amides is 2. The van der Waals surface area contributed by atoms with Gasteiger partial charge >= 0.3 is 0 Å². The highest BCUT2D eigenvalue weighted by atomic mass is 16.3. The molecule has 10 heteroatoms. The van der Waals surface area contributed by atoms with Gasteiger partial charge in [-0.15, -0.1) is 10.2 Å². The minimum absolute atomic E-state index is 0.0633. The molecule has 1 atom stereocenters. The van der Waals surface area contributed by atoms with Gasteiger partial charge in [-0.3, -0.25) is 14.5 Å². The van der Waals surface area contributed by atoms with E-state index in [-0.39, 0.29) is 30.1 Å². The third kappa shape index (κ3) is 5.59. The van der Waals surface area contributed by atoms with E-state index in [0.29, 0.717) is 22.8 Å². The Morgan fingerprint density at radius 3 is 2.42 bits per heavy atom. The summed E-state index contributed by atoms with van der Waals surface area (Å²) in [5.74, 6) is 0.826. The lowest BCUT2D eigenvalue weighted by atomic mass is 10.0. The van der Waals surface area contributed by atoms with Crippen molar-refractivity contribution in [3.8, 4) is 17.3 Å². The minimum Gasteiger partial charge on any atom is -0.508 e. The van der Waals surface area contributed by atoms with Gasteiger partial charge in [0, 0.05) is 11.7 Å². The fourth-order valence-electron chi connectivity index (χ4n) is 4.73. The molecule has 0 radical (unpaired) electrons. The predicted octanol–water partition coefficient (Wildman–Crippen LogP) is 4.09. The van der Waals surface area contributed by atoms with E-state index in [1.807, 2.05) is 38.1 Å². The van der Waals surface area contributed by atoms with Crippen molar-refractivity contribution in [1.82, 2.24) is 25.5 Å². The minimum atomic E-state index is -0.970. The number of phenols is 1. The van der Waals surface area contributed by atoms with Crippen LogP contribution in [0.15, 0.2) is 65.1 Å². The zero-order valence-electron chi connectivity index (χ0n) is 21.4. The maximum Gasteiger partial charge on any atom is 0.251 e. The summed E-state index contributed by atoms with van der Waals surface area (Å²) in [7, 11) is 0.